The molecule has 1 aromatic carbocycles. The number of sulfonamides is 1. The zero-order valence-corrected chi connectivity index (χ0v) is 11.2. The summed E-state index contributed by atoms with van der Waals surface area (Å²) in [6.07, 6.45) is 0.583. The van der Waals surface area contributed by atoms with Gasteiger partial charge in [0.25, 0.3) is 0 Å². The second-order valence-electron chi connectivity index (χ2n) is 4.07. The van der Waals surface area contributed by atoms with Gasteiger partial charge in [0.1, 0.15) is 5.75 Å². The molecule has 0 aliphatic carbocycles. The molecule has 17 heavy (non-hydrogen) atoms. The third-order valence-corrected chi connectivity index (χ3v) is 4.95. The van der Waals surface area contributed by atoms with Crippen molar-refractivity contribution in [3.63, 3.8) is 0 Å². The Hall–Kier alpha value is -1.07. The summed E-state index contributed by atoms with van der Waals surface area (Å²) in [6.45, 7) is 3.60. The van der Waals surface area contributed by atoms with Crippen LogP contribution in [0.4, 0.5) is 0 Å². The van der Waals surface area contributed by atoms with Crippen molar-refractivity contribution in [1.29, 1.82) is 0 Å². The van der Waals surface area contributed by atoms with Crippen LogP contribution in [-0.2, 0) is 10.0 Å². The summed E-state index contributed by atoms with van der Waals surface area (Å²) in [5, 5.41) is 9.70. The van der Waals surface area contributed by atoms with Gasteiger partial charge in [-0.25, -0.2) is 8.42 Å². The highest BCUT2D eigenvalue weighted by atomic mass is 32.2. The minimum Gasteiger partial charge on any atom is -0.508 e. The lowest BCUT2D eigenvalue weighted by atomic mass is 10.1. The lowest BCUT2D eigenvalue weighted by Gasteiger charge is -2.25. The third kappa shape index (κ3) is 3.20. The first-order valence-electron chi connectivity index (χ1n) is 5.63. The van der Waals surface area contributed by atoms with Crippen molar-refractivity contribution in [3.8, 4) is 5.75 Å². The minimum absolute atomic E-state index is 0.124. The van der Waals surface area contributed by atoms with Gasteiger partial charge in [0.2, 0.25) is 10.0 Å². The highest BCUT2D eigenvalue weighted by molar-refractivity contribution is 7.89. The first-order valence-corrected chi connectivity index (χ1v) is 7.24. The van der Waals surface area contributed by atoms with Crippen molar-refractivity contribution in [2.24, 2.45) is 0 Å². The molecule has 0 saturated carbocycles. The number of benzene rings is 1. The molecule has 1 N–H and O–H groups in total. The molecule has 0 aliphatic rings. The second kappa shape index (κ2) is 5.51. The first-order chi connectivity index (χ1) is 7.90. The van der Waals surface area contributed by atoms with Crippen molar-refractivity contribution in [2.45, 2.75) is 26.3 Å². The molecule has 0 unspecified atom stereocenters. The predicted octanol–water partition coefficient (Wildman–Crippen LogP) is 2.12. The van der Waals surface area contributed by atoms with Crippen LogP contribution >= 0.6 is 0 Å². The van der Waals surface area contributed by atoms with E-state index in [2.05, 4.69) is 0 Å². The number of hydrogen-bond acceptors (Lipinski definition) is 3. The Balaban J connectivity index is 2.99. The van der Waals surface area contributed by atoms with E-state index in [4.69, 9.17) is 0 Å². The SMILES string of the molecule is CCCS(=O)(=O)N(C)[C@H](C)c1ccccc1O. The quantitative estimate of drug-likeness (QED) is 0.879. The summed E-state index contributed by atoms with van der Waals surface area (Å²) in [5.41, 5.74) is 0.620. The average Bonchev–Trinajstić information content (AvgIpc) is 2.27. The van der Waals surface area contributed by atoms with Crippen LogP contribution in [0.25, 0.3) is 0 Å². The standard InChI is InChI=1S/C12H19NO3S/c1-4-9-17(15,16)13(3)10(2)11-7-5-6-8-12(11)14/h5-8,10,14H,4,9H2,1-3H3/t10-/m1/s1. The molecule has 0 saturated heterocycles. The normalized spacial score (nSPS) is 13.9. The van der Waals surface area contributed by atoms with Crippen LogP contribution in [-0.4, -0.2) is 30.6 Å². The molecule has 1 aromatic rings. The summed E-state index contributed by atoms with van der Waals surface area (Å²) in [5.74, 6) is 0.250. The van der Waals surface area contributed by atoms with E-state index < -0.39 is 10.0 Å². The van der Waals surface area contributed by atoms with Crippen molar-refractivity contribution >= 4 is 10.0 Å². The van der Waals surface area contributed by atoms with E-state index in [1.54, 1.807) is 38.2 Å². The number of phenolic OH excluding ortho intramolecular Hbond substituents is 1. The molecule has 0 fully saturated rings. The Morgan fingerprint density at radius 2 is 1.94 bits per heavy atom. The van der Waals surface area contributed by atoms with E-state index >= 15 is 0 Å². The van der Waals surface area contributed by atoms with Gasteiger partial charge in [-0.05, 0) is 19.4 Å². The summed E-state index contributed by atoms with van der Waals surface area (Å²) in [6, 6.07) is 6.43. The molecule has 0 radical (unpaired) electrons. The minimum atomic E-state index is -3.25. The Bertz CT molecular complexity index is 470. The second-order valence-corrected chi connectivity index (χ2v) is 6.22. The van der Waals surface area contributed by atoms with E-state index in [1.807, 2.05) is 6.92 Å². The maximum Gasteiger partial charge on any atom is 0.214 e. The van der Waals surface area contributed by atoms with E-state index in [0.29, 0.717) is 12.0 Å². The average molecular weight is 257 g/mol. The molecule has 4 nitrogen and oxygen atoms in total. The van der Waals surface area contributed by atoms with Crippen LogP contribution in [0.1, 0.15) is 31.9 Å². The fourth-order valence-corrected chi connectivity index (χ4v) is 3.08. The molecule has 0 amide bonds. The molecular formula is C12H19NO3S. The Morgan fingerprint density at radius 1 is 1.35 bits per heavy atom. The van der Waals surface area contributed by atoms with Crippen LogP contribution in [0, 0.1) is 0 Å². The summed E-state index contributed by atoms with van der Waals surface area (Å²) in [4.78, 5) is 0. The molecular weight excluding hydrogens is 238 g/mol. The number of rotatable bonds is 5. The maximum absolute atomic E-state index is 11.9. The number of aromatic hydroxyl groups is 1. The van der Waals surface area contributed by atoms with Gasteiger partial charge in [-0.3, -0.25) is 0 Å². The largest absolute Gasteiger partial charge is 0.508 e. The molecule has 0 bridgehead atoms. The molecule has 0 heterocycles. The van der Waals surface area contributed by atoms with Crippen molar-refractivity contribution < 1.29 is 13.5 Å². The zero-order chi connectivity index (χ0) is 13.1. The summed E-state index contributed by atoms with van der Waals surface area (Å²) >= 11 is 0. The van der Waals surface area contributed by atoms with Crippen LogP contribution in [0.2, 0.25) is 0 Å². The lowest BCUT2D eigenvalue weighted by molar-refractivity contribution is 0.381. The smallest absolute Gasteiger partial charge is 0.214 e. The third-order valence-electron chi connectivity index (χ3n) is 2.83. The highest BCUT2D eigenvalue weighted by Crippen LogP contribution is 2.28. The number of para-hydroxylation sites is 1. The molecule has 1 rings (SSSR count). The van der Waals surface area contributed by atoms with Gasteiger partial charge >= 0.3 is 0 Å². The van der Waals surface area contributed by atoms with Crippen molar-refractivity contribution in [2.75, 3.05) is 12.8 Å². The highest BCUT2D eigenvalue weighted by Gasteiger charge is 2.24. The van der Waals surface area contributed by atoms with E-state index in [0.717, 1.165) is 0 Å². The van der Waals surface area contributed by atoms with Gasteiger partial charge in [-0.1, -0.05) is 25.1 Å². The van der Waals surface area contributed by atoms with Gasteiger partial charge in [0.15, 0.2) is 0 Å². The number of hydrogen-bond donors (Lipinski definition) is 1. The van der Waals surface area contributed by atoms with Crippen LogP contribution in [0.15, 0.2) is 24.3 Å². The van der Waals surface area contributed by atoms with E-state index in [9.17, 15) is 13.5 Å². The molecule has 96 valence electrons. The van der Waals surface area contributed by atoms with E-state index in [-0.39, 0.29) is 17.5 Å². The van der Waals surface area contributed by atoms with Gasteiger partial charge in [0.05, 0.1) is 11.8 Å². The molecule has 1 atom stereocenters. The van der Waals surface area contributed by atoms with Crippen LogP contribution in [0.5, 0.6) is 5.75 Å². The fraction of sp³-hybridized carbons (Fsp3) is 0.500. The monoisotopic (exact) mass is 257 g/mol. The lowest BCUT2D eigenvalue weighted by Crippen LogP contribution is -2.31. The predicted molar refractivity (Wildman–Crippen MR) is 68.4 cm³/mol. The van der Waals surface area contributed by atoms with Crippen LogP contribution < -0.4 is 0 Å². The first kappa shape index (κ1) is 14.0. The molecule has 0 aromatic heterocycles. The Kier molecular flexibility index (Phi) is 4.54. The Labute approximate surface area is 103 Å². The molecule has 0 aliphatic heterocycles. The Morgan fingerprint density at radius 3 is 2.47 bits per heavy atom. The van der Waals surface area contributed by atoms with Crippen LogP contribution in [0.3, 0.4) is 0 Å². The zero-order valence-electron chi connectivity index (χ0n) is 10.4. The molecule has 0 spiro atoms. The van der Waals surface area contributed by atoms with Crippen molar-refractivity contribution in [1.82, 2.24) is 4.31 Å². The van der Waals surface area contributed by atoms with Gasteiger partial charge in [-0.2, -0.15) is 4.31 Å². The van der Waals surface area contributed by atoms with E-state index in [1.165, 1.54) is 4.31 Å². The number of phenols is 1. The van der Waals surface area contributed by atoms with Gasteiger partial charge in [0, 0.05) is 12.6 Å². The maximum atomic E-state index is 11.9. The number of nitrogens with zero attached hydrogens (tertiary/aromatic N) is 1. The summed E-state index contributed by atoms with van der Waals surface area (Å²) < 4.78 is 25.1. The van der Waals surface area contributed by atoms with Crippen molar-refractivity contribution in [3.05, 3.63) is 29.8 Å². The summed E-state index contributed by atoms with van der Waals surface area (Å²) in [7, 11) is -1.71. The van der Waals surface area contributed by atoms with Gasteiger partial charge in [-0.15, -0.1) is 0 Å². The molecule has 5 heteroatoms. The fourth-order valence-electron chi connectivity index (χ4n) is 1.68. The topological polar surface area (TPSA) is 57.6 Å². The van der Waals surface area contributed by atoms with Gasteiger partial charge < -0.3 is 5.11 Å².